The van der Waals surface area contributed by atoms with Crippen molar-refractivity contribution < 1.29 is 4.74 Å². The van der Waals surface area contributed by atoms with Crippen molar-refractivity contribution in [2.45, 2.75) is 27.2 Å². The molecule has 0 saturated carbocycles. The topological polar surface area (TPSA) is 24.5 Å². The number of thiocarbonyl (C=S) groups is 1. The lowest BCUT2D eigenvalue weighted by Gasteiger charge is -2.24. The van der Waals surface area contributed by atoms with Crippen molar-refractivity contribution in [2.75, 3.05) is 31.2 Å². The number of benzene rings is 1. The van der Waals surface area contributed by atoms with Crippen molar-refractivity contribution in [3.63, 3.8) is 0 Å². The number of anilines is 1. The van der Waals surface area contributed by atoms with Crippen LogP contribution in [0.4, 0.5) is 5.69 Å². The van der Waals surface area contributed by atoms with Crippen molar-refractivity contribution in [3.05, 3.63) is 29.8 Å². The molecule has 0 aliphatic carbocycles. The average Bonchev–Trinajstić information content (AvgIpc) is 2.41. The summed E-state index contributed by atoms with van der Waals surface area (Å²) in [5.41, 5.74) is 2.39. The van der Waals surface area contributed by atoms with Gasteiger partial charge < -0.3 is 15.0 Å². The lowest BCUT2D eigenvalue weighted by Crippen LogP contribution is -2.40. The second-order valence-corrected chi connectivity index (χ2v) is 4.75. The number of hydrogen-bond donors (Lipinski definition) is 1. The molecule has 0 aliphatic heterocycles. The van der Waals surface area contributed by atoms with Gasteiger partial charge in [-0.15, -0.1) is 0 Å². The first kappa shape index (κ1) is 15.9. The van der Waals surface area contributed by atoms with Crippen LogP contribution in [0.5, 0.6) is 0 Å². The van der Waals surface area contributed by atoms with Gasteiger partial charge in [0.1, 0.15) is 0 Å². The maximum atomic E-state index is 5.44. The predicted molar refractivity (Wildman–Crippen MR) is 85.9 cm³/mol. The van der Waals surface area contributed by atoms with E-state index in [-0.39, 0.29) is 0 Å². The molecule has 1 rings (SSSR count). The van der Waals surface area contributed by atoms with Crippen LogP contribution in [-0.2, 0) is 4.74 Å². The normalized spacial score (nSPS) is 10.3. The zero-order chi connectivity index (χ0) is 14.1. The molecule has 0 fully saturated rings. The van der Waals surface area contributed by atoms with E-state index in [1.165, 1.54) is 5.56 Å². The number of hydrogen-bond acceptors (Lipinski definition) is 2. The van der Waals surface area contributed by atoms with Crippen molar-refractivity contribution in [2.24, 2.45) is 0 Å². The Morgan fingerprint density at radius 1 is 1.26 bits per heavy atom. The summed E-state index contributed by atoms with van der Waals surface area (Å²) in [6, 6.07) is 8.42. The predicted octanol–water partition coefficient (Wildman–Crippen LogP) is 3.12. The van der Waals surface area contributed by atoms with Gasteiger partial charge in [-0.05, 0) is 51.5 Å². The molecule has 4 heteroatoms. The van der Waals surface area contributed by atoms with Crippen LogP contribution in [0, 0.1) is 6.92 Å². The third-order valence-electron chi connectivity index (χ3n) is 2.85. The molecule has 0 atom stereocenters. The van der Waals surface area contributed by atoms with Gasteiger partial charge in [0.2, 0.25) is 0 Å². The highest BCUT2D eigenvalue weighted by Gasteiger charge is 2.08. The molecule has 0 aliphatic rings. The van der Waals surface area contributed by atoms with Crippen molar-refractivity contribution in [1.82, 2.24) is 5.32 Å². The van der Waals surface area contributed by atoms with Crippen molar-refractivity contribution in [1.29, 1.82) is 0 Å². The molecule has 1 aromatic carbocycles. The van der Waals surface area contributed by atoms with Gasteiger partial charge >= 0.3 is 0 Å². The van der Waals surface area contributed by atoms with Crippen LogP contribution in [0.3, 0.4) is 0 Å². The van der Waals surface area contributed by atoms with Crippen LogP contribution in [-0.4, -0.2) is 31.4 Å². The molecule has 0 bridgehead atoms. The summed E-state index contributed by atoms with van der Waals surface area (Å²) < 4.78 is 5.30. The zero-order valence-corrected chi connectivity index (χ0v) is 12.9. The standard InChI is InChI=1S/C15H24N2OS/c1-4-17(14-9-7-13(3)8-10-14)15(19)16-11-6-12-18-5-2/h7-10H,4-6,11-12H2,1-3H3,(H,16,19). The Bertz CT molecular complexity index is 378. The molecule has 1 N–H and O–H groups in total. The van der Waals surface area contributed by atoms with Crippen molar-refractivity contribution >= 4 is 23.0 Å². The van der Waals surface area contributed by atoms with E-state index < -0.39 is 0 Å². The molecule has 0 amide bonds. The van der Waals surface area contributed by atoms with E-state index in [1.54, 1.807) is 0 Å². The van der Waals surface area contributed by atoms with Gasteiger partial charge in [-0.3, -0.25) is 0 Å². The van der Waals surface area contributed by atoms with Gasteiger partial charge in [-0.2, -0.15) is 0 Å². The molecule has 0 spiro atoms. The largest absolute Gasteiger partial charge is 0.382 e. The van der Waals surface area contributed by atoms with Gasteiger partial charge in [0.25, 0.3) is 0 Å². The quantitative estimate of drug-likeness (QED) is 0.612. The number of aryl methyl sites for hydroxylation is 1. The third kappa shape index (κ3) is 5.57. The Labute approximate surface area is 121 Å². The summed E-state index contributed by atoms with van der Waals surface area (Å²) in [7, 11) is 0. The minimum atomic E-state index is 0.773. The van der Waals surface area contributed by atoms with Gasteiger partial charge in [-0.1, -0.05) is 17.7 Å². The average molecular weight is 280 g/mol. The summed E-state index contributed by atoms with van der Waals surface area (Å²) in [6.07, 6.45) is 0.972. The highest BCUT2D eigenvalue weighted by Crippen LogP contribution is 2.14. The third-order valence-corrected chi connectivity index (χ3v) is 3.22. The van der Waals surface area contributed by atoms with E-state index in [0.717, 1.165) is 43.5 Å². The molecule has 19 heavy (non-hydrogen) atoms. The zero-order valence-electron chi connectivity index (χ0n) is 12.1. The minimum absolute atomic E-state index is 0.773. The van der Waals surface area contributed by atoms with Gasteiger partial charge in [0.15, 0.2) is 5.11 Å². The van der Waals surface area contributed by atoms with Gasteiger partial charge in [-0.25, -0.2) is 0 Å². The number of nitrogens with zero attached hydrogens (tertiary/aromatic N) is 1. The van der Waals surface area contributed by atoms with E-state index in [2.05, 4.69) is 48.3 Å². The van der Waals surface area contributed by atoms with E-state index in [1.807, 2.05) is 6.92 Å². The summed E-state index contributed by atoms with van der Waals surface area (Å²) in [6.45, 7) is 9.46. The van der Waals surface area contributed by atoms with E-state index >= 15 is 0 Å². The molecule has 1 aromatic rings. The summed E-state index contributed by atoms with van der Waals surface area (Å²) in [5.74, 6) is 0. The van der Waals surface area contributed by atoms with Crippen LogP contribution in [0.15, 0.2) is 24.3 Å². The van der Waals surface area contributed by atoms with Crippen LogP contribution in [0.25, 0.3) is 0 Å². The maximum Gasteiger partial charge on any atom is 0.173 e. The number of rotatable bonds is 7. The summed E-state index contributed by atoms with van der Waals surface area (Å²) in [5, 5.41) is 4.06. The fraction of sp³-hybridized carbons (Fsp3) is 0.533. The Morgan fingerprint density at radius 3 is 2.53 bits per heavy atom. The second kappa shape index (κ2) is 8.88. The molecule has 106 valence electrons. The Hall–Kier alpha value is -1.13. The minimum Gasteiger partial charge on any atom is -0.382 e. The summed E-state index contributed by atoms with van der Waals surface area (Å²) >= 11 is 5.44. The number of ether oxygens (including phenoxy) is 1. The highest BCUT2D eigenvalue weighted by atomic mass is 32.1. The lowest BCUT2D eigenvalue weighted by molar-refractivity contribution is 0.146. The monoisotopic (exact) mass is 280 g/mol. The molecular formula is C15H24N2OS. The van der Waals surface area contributed by atoms with Gasteiger partial charge in [0.05, 0.1) is 0 Å². The molecule has 0 unspecified atom stereocenters. The SMILES string of the molecule is CCOCCCNC(=S)N(CC)c1ccc(C)cc1. The fourth-order valence-corrected chi connectivity index (χ4v) is 2.11. The molecule has 3 nitrogen and oxygen atoms in total. The van der Waals surface area contributed by atoms with Crippen LogP contribution < -0.4 is 10.2 Å². The summed E-state index contributed by atoms with van der Waals surface area (Å²) in [4.78, 5) is 2.11. The van der Waals surface area contributed by atoms with Gasteiger partial charge in [0, 0.05) is 32.0 Å². The van der Waals surface area contributed by atoms with Crippen LogP contribution >= 0.6 is 12.2 Å². The maximum absolute atomic E-state index is 5.44. The molecule has 0 saturated heterocycles. The molecule has 0 aromatic heterocycles. The van der Waals surface area contributed by atoms with Crippen LogP contribution in [0.2, 0.25) is 0 Å². The first-order valence-electron chi connectivity index (χ1n) is 6.88. The fourth-order valence-electron chi connectivity index (χ4n) is 1.78. The van der Waals surface area contributed by atoms with E-state index in [0.29, 0.717) is 0 Å². The Morgan fingerprint density at radius 2 is 1.95 bits per heavy atom. The van der Waals surface area contributed by atoms with Crippen LogP contribution in [0.1, 0.15) is 25.8 Å². The Kier molecular flexibility index (Phi) is 7.45. The van der Waals surface area contributed by atoms with E-state index in [9.17, 15) is 0 Å². The van der Waals surface area contributed by atoms with Crippen molar-refractivity contribution in [3.8, 4) is 0 Å². The smallest absolute Gasteiger partial charge is 0.173 e. The molecule has 0 heterocycles. The Balaban J connectivity index is 2.45. The first-order chi connectivity index (χ1) is 9.19. The second-order valence-electron chi connectivity index (χ2n) is 4.36. The number of nitrogens with one attached hydrogen (secondary N) is 1. The lowest BCUT2D eigenvalue weighted by atomic mass is 10.2. The molecule has 0 radical (unpaired) electrons. The molecular weight excluding hydrogens is 256 g/mol. The highest BCUT2D eigenvalue weighted by molar-refractivity contribution is 7.80. The van der Waals surface area contributed by atoms with E-state index in [4.69, 9.17) is 17.0 Å². The first-order valence-corrected chi connectivity index (χ1v) is 7.29.